The van der Waals surface area contributed by atoms with E-state index in [-0.39, 0.29) is 74.2 Å². The van der Waals surface area contributed by atoms with Gasteiger partial charge in [-0.05, 0) is 177 Å². The van der Waals surface area contributed by atoms with Crippen molar-refractivity contribution in [3.63, 3.8) is 0 Å². The van der Waals surface area contributed by atoms with Gasteiger partial charge in [0.05, 0.1) is 76.8 Å². The normalized spacial score (nSPS) is 15.2. The van der Waals surface area contributed by atoms with Gasteiger partial charge in [0, 0.05) is 46.6 Å². The molecule has 3 aliphatic rings. The SMILES string of the molecule is C.C.CB(O)OCc1cc(F)ccc1OS(=O)(=O)C(F)(F)F.CB(OCc1cc(F)ccc1OS(=O)(=O)C(F)(F)F)OC(C)C.CC1(C)OB(OCc2cc(F)ccc2OS(=O)(=O)C(F)(F)F)OC1(C)C.COB(C)OCc1cc(F)ccc1OS(=O)(=O)C(F)(F)F.O=S(=O)(Oc1ccc(F)cc1COB1OCC(c2ccccc2)O1)C(F)(F)F.O=S(=O)(Oc1ccc(F)cc1COB1OCCO1)C(F)(F)F. The lowest BCUT2D eigenvalue weighted by Gasteiger charge is -2.31. The van der Waals surface area contributed by atoms with Crippen molar-refractivity contribution < 1.29 is 251 Å². The van der Waals surface area contributed by atoms with Gasteiger partial charge in [0.2, 0.25) is 0 Å². The van der Waals surface area contributed by atoms with Gasteiger partial charge >= 0.3 is 137 Å². The minimum Gasteiger partial charge on any atom is -0.427 e. The average Bonchev–Trinajstić information content (AvgIpc) is 1.61. The summed E-state index contributed by atoms with van der Waals surface area (Å²) in [6, 6.07) is 23.0. The van der Waals surface area contributed by atoms with Crippen LogP contribution in [0.25, 0.3) is 0 Å². The van der Waals surface area contributed by atoms with E-state index < -0.39 is 263 Å². The molecule has 3 fully saturated rings. The molecule has 3 saturated heterocycles. The van der Waals surface area contributed by atoms with E-state index in [9.17, 15) is 156 Å². The number of benzene rings is 7. The molecule has 0 radical (unpaired) electrons. The second kappa shape index (κ2) is 52.5. The Morgan fingerprint density at radius 3 is 0.866 bits per heavy atom. The quantitative estimate of drug-likeness (QED) is 0.0169. The lowest BCUT2D eigenvalue weighted by atomic mass is 9.90. The fourth-order valence-corrected chi connectivity index (χ4v) is 12.6. The van der Waals surface area contributed by atoms with Crippen LogP contribution in [-0.2, 0) is 166 Å². The van der Waals surface area contributed by atoms with E-state index in [0.717, 1.165) is 115 Å². The lowest BCUT2D eigenvalue weighted by Crippen LogP contribution is -2.41. The first-order valence-corrected chi connectivity index (χ1v) is 46.7. The second-order valence-electron chi connectivity index (χ2n) is 28.7. The molecular weight excluding hydrogens is 2120 g/mol. The van der Waals surface area contributed by atoms with Crippen molar-refractivity contribution in [3.05, 3.63) is 213 Å². The van der Waals surface area contributed by atoms with Gasteiger partial charge in [-0.3, -0.25) is 0 Å². The van der Waals surface area contributed by atoms with E-state index in [1.807, 2.05) is 30.3 Å². The standard InChI is InChI=1S/C16H13BF4O6S.C14H17BF4O6S.C12H15BF4O5S.C10H9BF4O6S.C10H11BF4O5S.C9H9BF4O5S.2CH4/c18-13-6-7-14(27-28(22,23)16(19,20)21)12(8-13)9-24-17-25-10-15(26-17)11-4-2-1-3-5-11;1-12(2)13(3,4)25-15(24-12)22-8-9-7-10(16)5-6-11(9)23-26(20,21)14(17,18)19;1-8(2)21-13(3)20-7-9-6-10(14)4-5-11(9)22-23(18,19)12(15,16)17;12-8-1-2-9(21-22(16,17)10(13,14)15)7(5-8)6-20-11-18-3-4-19-11;1-11(18-2)19-6-7-5-8(12)3-4-9(7)20-21(16,17)10(13,14)15;1-10(15)18-5-6-4-7(11)2-3-8(6)19-20(16,17)9(12,13)14;;/h1-8,15H,9-10H2;5-7H,8H2,1-4H3;4-6,8H,7H2,1-3H3;1-2,5H,3-4,6H2;3-5H,6H2,1-2H3;2-4,15H,5H2,1H3;2*1H4. The summed E-state index contributed by atoms with van der Waals surface area (Å²) in [5, 5.41) is 8.88. The third-order valence-electron chi connectivity index (χ3n) is 17.0. The van der Waals surface area contributed by atoms with Gasteiger partial charge in [-0.25, -0.2) is 26.3 Å². The van der Waals surface area contributed by atoms with Gasteiger partial charge in [0.15, 0.2) is 0 Å². The number of alkyl halides is 18. The summed E-state index contributed by atoms with van der Waals surface area (Å²) in [5.74, 6) is -9.00. The molecule has 0 saturated carbocycles. The van der Waals surface area contributed by atoms with E-state index in [0.29, 0.717) is 0 Å². The number of rotatable bonds is 34. The Labute approximate surface area is 799 Å². The van der Waals surface area contributed by atoms with E-state index >= 15 is 0 Å². The van der Waals surface area contributed by atoms with Crippen LogP contribution >= 0.6 is 0 Å². The monoisotopic (exact) mass is 2200 g/mol. The van der Waals surface area contributed by atoms with Crippen molar-refractivity contribution in [1.82, 2.24) is 0 Å². The molecule has 1 unspecified atom stereocenters. The number of hydrogen-bond donors (Lipinski definition) is 1. The number of halogens is 24. The first-order chi connectivity index (χ1) is 64.0. The van der Waals surface area contributed by atoms with Crippen molar-refractivity contribution in [2.75, 3.05) is 26.9 Å². The molecule has 0 aromatic heterocycles. The zero-order valence-corrected chi connectivity index (χ0v) is 77.7. The fourth-order valence-electron chi connectivity index (χ4n) is 9.63. The third-order valence-corrected chi connectivity index (χ3v) is 22.8. The summed E-state index contributed by atoms with van der Waals surface area (Å²) in [7, 11) is -40.0. The molecule has 3 heterocycles. The summed E-state index contributed by atoms with van der Waals surface area (Å²) in [6.07, 6.45) is -0.584. The Balaban J connectivity index is 0.000000439. The minimum absolute atomic E-state index is 0. The summed E-state index contributed by atoms with van der Waals surface area (Å²) < 4.78 is 530. The molecule has 69 heteroatoms. The number of hydrogen-bond acceptors (Lipinski definition) is 33. The maximum atomic E-state index is 13.5. The molecule has 7 aromatic rings. The van der Waals surface area contributed by atoms with Crippen molar-refractivity contribution in [2.45, 2.75) is 173 Å². The highest BCUT2D eigenvalue weighted by molar-refractivity contribution is 7.89. The highest BCUT2D eigenvalue weighted by Crippen LogP contribution is 2.41. The molecule has 142 heavy (non-hydrogen) atoms. The lowest BCUT2D eigenvalue weighted by molar-refractivity contribution is -0.0505. The van der Waals surface area contributed by atoms with Crippen LogP contribution in [0.4, 0.5) is 105 Å². The van der Waals surface area contributed by atoms with Crippen LogP contribution in [0.2, 0.25) is 20.5 Å². The van der Waals surface area contributed by atoms with Crippen LogP contribution < -0.4 is 25.1 Å². The molecule has 33 nitrogen and oxygen atoms in total. The van der Waals surface area contributed by atoms with E-state index in [1.54, 1.807) is 41.5 Å². The summed E-state index contributed by atoms with van der Waals surface area (Å²) in [4.78, 5) is 0. The Hall–Kier alpha value is -8.85. The molecule has 7 aromatic carbocycles. The van der Waals surface area contributed by atoms with Crippen molar-refractivity contribution in [2.24, 2.45) is 0 Å². The molecule has 10 rings (SSSR count). The van der Waals surface area contributed by atoms with Crippen LogP contribution in [0, 0.1) is 34.9 Å². The van der Waals surface area contributed by atoms with Crippen molar-refractivity contribution in [1.29, 1.82) is 0 Å². The van der Waals surface area contributed by atoms with Gasteiger partial charge in [-0.15, -0.1) is 0 Å². The molecule has 794 valence electrons. The molecule has 0 amide bonds. The minimum atomic E-state index is -5.91. The Morgan fingerprint density at radius 2 is 0.613 bits per heavy atom. The van der Waals surface area contributed by atoms with Crippen LogP contribution in [0.5, 0.6) is 34.5 Å². The van der Waals surface area contributed by atoms with Gasteiger partial charge in [0.25, 0.3) is 0 Å². The zero-order chi connectivity index (χ0) is 106. The topological polar surface area (TPSA) is 410 Å². The van der Waals surface area contributed by atoms with Gasteiger partial charge in [-0.2, -0.15) is 130 Å². The van der Waals surface area contributed by atoms with Gasteiger partial charge in [0.1, 0.15) is 69.4 Å². The molecular formula is C73H82B6F24O33S6. The van der Waals surface area contributed by atoms with Gasteiger partial charge in [-0.1, -0.05) is 45.2 Å². The van der Waals surface area contributed by atoms with E-state index in [4.69, 9.17) is 65.5 Å². The first-order valence-electron chi connectivity index (χ1n) is 38.2. The molecule has 0 bridgehead atoms. The maximum absolute atomic E-state index is 13.5. The second-order valence-corrected chi connectivity index (χ2v) is 37.9. The summed E-state index contributed by atoms with van der Waals surface area (Å²) >= 11 is 0. The highest BCUT2D eigenvalue weighted by atomic mass is 32.2. The molecule has 1 N–H and O–H groups in total. The van der Waals surface area contributed by atoms with Crippen LogP contribution in [-0.4, -0.2) is 176 Å². The molecule has 0 aliphatic carbocycles. The molecule has 1 atom stereocenters. The molecule has 0 spiro atoms. The van der Waals surface area contributed by atoms with Crippen molar-refractivity contribution in [3.8, 4) is 34.5 Å². The zero-order valence-electron chi connectivity index (χ0n) is 72.8. The Bertz CT molecular complexity index is 5950. The fraction of sp³-hybridized carbons (Fsp3) is 0.425. The Morgan fingerprint density at radius 1 is 0.366 bits per heavy atom. The van der Waals surface area contributed by atoms with E-state index in [1.165, 1.54) is 27.6 Å². The third kappa shape index (κ3) is 39.8. The highest BCUT2D eigenvalue weighted by Gasteiger charge is 2.56. The summed E-state index contributed by atoms with van der Waals surface area (Å²) in [5.41, 5.74) is -35.7. The predicted molar refractivity (Wildman–Crippen MR) is 450 cm³/mol. The molecule has 3 aliphatic heterocycles. The largest absolute Gasteiger partial charge is 0.640 e. The predicted octanol–water partition coefficient (Wildman–Crippen LogP) is 16.5. The first kappa shape index (κ1) is 127. The van der Waals surface area contributed by atoms with Crippen LogP contribution in [0.3, 0.4) is 0 Å². The maximum Gasteiger partial charge on any atom is 0.640 e. The van der Waals surface area contributed by atoms with Crippen molar-refractivity contribution >= 4 is 104 Å². The summed E-state index contributed by atoms with van der Waals surface area (Å²) in [6.45, 7) is 12.6. The smallest absolute Gasteiger partial charge is 0.427 e. The van der Waals surface area contributed by atoms with E-state index in [2.05, 4.69) is 29.8 Å². The Kier molecular flexibility index (Phi) is 47.0. The van der Waals surface area contributed by atoms with Crippen LogP contribution in [0.15, 0.2) is 140 Å². The average molecular weight is 2200 g/mol. The van der Waals surface area contributed by atoms with Crippen LogP contribution in [0.1, 0.15) is 101 Å². The van der Waals surface area contributed by atoms with Gasteiger partial charge < -0.3 is 95.3 Å².